The van der Waals surface area contributed by atoms with Gasteiger partial charge in [0.25, 0.3) is 0 Å². The van der Waals surface area contributed by atoms with Crippen LogP contribution in [0.4, 0.5) is 0 Å². The summed E-state index contributed by atoms with van der Waals surface area (Å²) in [4.78, 5) is 12.5. The Morgan fingerprint density at radius 3 is 2.42 bits per heavy atom. The largest absolute Gasteiger partial charge is 0.460 e. The molecular weight excluding hydrogens is 498 g/mol. The molecule has 0 amide bonds. The average Bonchev–Trinajstić information content (AvgIpc) is 3.27. The minimum Gasteiger partial charge on any atom is -0.460 e. The van der Waals surface area contributed by atoms with E-state index in [1.54, 1.807) is 26.0 Å². The van der Waals surface area contributed by atoms with Gasteiger partial charge >= 0.3 is 5.97 Å². The third-order valence-corrected chi connectivity index (χ3v) is 8.57. The Morgan fingerprint density at radius 1 is 0.895 bits per heavy atom. The lowest BCUT2D eigenvalue weighted by atomic mass is 10.0. The second kappa shape index (κ2) is 10.8. The molecule has 6 nitrogen and oxygen atoms in total. The molecule has 0 radical (unpaired) electrons. The van der Waals surface area contributed by atoms with Crippen LogP contribution in [-0.2, 0) is 27.7 Å². The molecule has 0 aliphatic rings. The quantitative estimate of drug-likeness (QED) is 0.204. The number of carbonyl (C=O) groups excluding carboxylic acids is 1. The van der Waals surface area contributed by atoms with Gasteiger partial charge in [-0.2, -0.15) is 4.31 Å². The monoisotopic (exact) mass is 527 g/mol. The first-order valence-electron chi connectivity index (χ1n) is 12.6. The molecule has 194 valence electrons. The van der Waals surface area contributed by atoms with Crippen LogP contribution in [0.3, 0.4) is 0 Å². The van der Waals surface area contributed by atoms with Gasteiger partial charge in [0.1, 0.15) is 5.58 Å². The molecule has 5 rings (SSSR count). The van der Waals surface area contributed by atoms with Crippen LogP contribution in [0.2, 0.25) is 0 Å². The van der Waals surface area contributed by atoms with Crippen LogP contribution < -0.4 is 0 Å². The van der Waals surface area contributed by atoms with Gasteiger partial charge in [0.15, 0.2) is 0 Å². The Kier molecular flexibility index (Phi) is 7.31. The van der Waals surface area contributed by atoms with Gasteiger partial charge < -0.3 is 9.15 Å². The Balaban J connectivity index is 1.54. The number of fused-ring (bicyclic) bond motifs is 2. The predicted molar refractivity (Wildman–Crippen MR) is 149 cm³/mol. The van der Waals surface area contributed by atoms with E-state index >= 15 is 0 Å². The molecule has 38 heavy (non-hydrogen) atoms. The third kappa shape index (κ3) is 5.08. The number of esters is 1. The number of ether oxygens (including phenoxy) is 1. The van der Waals surface area contributed by atoms with Crippen LogP contribution in [0.1, 0.15) is 34.2 Å². The SMILES string of the molecule is CCOC(=O)c1oc2ccc(S(=O)(=O)N(CCc3ccccc3)Cc3cccc4ccccc34)cc2c1C. The standard InChI is InChI=1S/C31H29NO5S/c1-3-36-31(33)30-22(2)28-20-26(16-17-29(28)37-30)38(34,35)32(19-18-23-10-5-4-6-11-23)21-25-14-9-13-24-12-7-8-15-27(24)25/h4-17,20H,3,18-19,21H2,1-2H3. The fraction of sp³-hybridized carbons (Fsp3) is 0.194. The summed E-state index contributed by atoms with van der Waals surface area (Å²) in [6.07, 6.45) is 0.574. The zero-order valence-corrected chi connectivity index (χ0v) is 22.2. The molecule has 0 fully saturated rings. The number of sulfonamides is 1. The molecular formula is C31H29NO5S. The van der Waals surface area contributed by atoms with Crippen molar-refractivity contribution >= 4 is 37.7 Å². The number of hydrogen-bond donors (Lipinski definition) is 0. The second-order valence-corrected chi connectivity index (χ2v) is 11.1. The van der Waals surface area contributed by atoms with Crippen LogP contribution in [0, 0.1) is 6.92 Å². The predicted octanol–water partition coefficient (Wildman–Crippen LogP) is 6.50. The molecule has 7 heteroatoms. The Morgan fingerprint density at radius 2 is 1.63 bits per heavy atom. The van der Waals surface area contributed by atoms with Crippen LogP contribution >= 0.6 is 0 Å². The molecule has 0 N–H and O–H groups in total. The number of aryl methyl sites for hydroxylation is 1. The lowest BCUT2D eigenvalue weighted by molar-refractivity contribution is 0.0491. The van der Waals surface area contributed by atoms with Crippen LogP contribution in [-0.4, -0.2) is 31.8 Å². The number of nitrogens with zero attached hydrogens (tertiary/aromatic N) is 1. The lowest BCUT2D eigenvalue weighted by Crippen LogP contribution is -2.32. The van der Waals surface area contributed by atoms with Crippen molar-refractivity contribution in [2.75, 3.05) is 13.2 Å². The molecule has 0 atom stereocenters. The van der Waals surface area contributed by atoms with Crippen molar-refractivity contribution in [2.45, 2.75) is 31.7 Å². The summed E-state index contributed by atoms with van der Waals surface area (Å²) in [5.41, 5.74) is 2.99. The summed E-state index contributed by atoms with van der Waals surface area (Å²) >= 11 is 0. The normalized spacial score (nSPS) is 11.9. The van der Waals surface area contributed by atoms with Crippen molar-refractivity contribution in [1.29, 1.82) is 0 Å². The summed E-state index contributed by atoms with van der Waals surface area (Å²) in [5, 5.41) is 2.66. The van der Waals surface area contributed by atoms with Gasteiger partial charge in [-0.1, -0.05) is 72.8 Å². The number of hydrogen-bond acceptors (Lipinski definition) is 5. The van der Waals surface area contributed by atoms with Crippen LogP contribution in [0.5, 0.6) is 0 Å². The van der Waals surface area contributed by atoms with Gasteiger partial charge in [0.2, 0.25) is 15.8 Å². The van der Waals surface area contributed by atoms with Gasteiger partial charge in [-0.25, -0.2) is 13.2 Å². The molecule has 0 aliphatic carbocycles. The van der Waals surface area contributed by atoms with Crippen LogP contribution in [0.15, 0.2) is 100 Å². The minimum atomic E-state index is -3.89. The highest BCUT2D eigenvalue weighted by Gasteiger charge is 2.27. The van der Waals surface area contributed by atoms with Crippen molar-refractivity contribution in [2.24, 2.45) is 0 Å². The van der Waals surface area contributed by atoms with Gasteiger partial charge in [-0.3, -0.25) is 0 Å². The van der Waals surface area contributed by atoms with Crippen molar-refractivity contribution < 1.29 is 22.4 Å². The summed E-state index contributed by atoms with van der Waals surface area (Å²) in [6.45, 7) is 4.22. The van der Waals surface area contributed by atoms with Crippen molar-refractivity contribution in [3.05, 3.63) is 113 Å². The zero-order chi connectivity index (χ0) is 26.7. The van der Waals surface area contributed by atoms with E-state index in [1.165, 1.54) is 10.4 Å². The van der Waals surface area contributed by atoms with Crippen molar-refractivity contribution in [1.82, 2.24) is 4.31 Å². The summed E-state index contributed by atoms with van der Waals surface area (Å²) < 4.78 is 40.5. The highest BCUT2D eigenvalue weighted by atomic mass is 32.2. The highest BCUT2D eigenvalue weighted by Crippen LogP contribution is 2.30. The molecule has 0 saturated heterocycles. The Bertz CT molecular complexity index is 1700. The van der Waals surface area contributed by atoms with E-state index < -0.39 is 16.0 Å². The van der Waals surface area contributed by atoms with Gasteiger partial charge in [0.05, 0.1) is 11.5 Å². The third-order valence-electron chi connectivity index (χ3n) is 6.73. The first-order valence-corrected chi connectivity index (χ1v) is 14.0. The van der Waals surface area contributed by atoms with Gasteiger partial charge in [-0.05, 0) is 60.4 Å². The molecule has 4 aromatic carbocycles. The number of furan rings is 1. The number of rotatable bonds is 9. The highest BCUT2D eigenvalue weighted by molar-refractivity contribution is 7.89. The molecule has 0 unspecified atom stereocenters. The zero-order valence-electron chi connectivity index (χ0n) is 21.4. The summed E-state index contributed by atoms with van der Waals surface area (Å²) in [5.74, 6) is -0.473. The fourth-order valence-electron chi connectivity index (χ4n) is 4.70. The maximum atomic E-state index is 14.1. The maximum Gasteiger partial charge on any atom is 0.374 e. The van der Waals surface area contributed by atoms with Crippen LogP contribution in [0.25, 0.3) is 21.7 Å². The number of benzene rings is 4. The van der Waals surface area contributed by atoms with Crippen molar-refractivity contribution in [3.63, 3.8) is 0 Å². The van der Waals surface area contributed by atoms with Gasteiger partial charge in [0, 0.05) is 24.0 Å². The maximum absolute atomic E-state index is 14.1. The van der Waals surface area contributed by atoms with E-state index in [1.807, 2.05) is 72.8 Å². The minimum absolute atomic E-state index is 0.0908. The smallest absolute Gasteiger partial charge is 0.374 e. The molecule has 5 aromatic rings. The van der Waals surface area contributed by atoms with E-state index in [4.69, 9.17) is 9.15 Å². The first-order chi connectivity index (χ1) is 18.4. The van der Waals surface area contributed by atoms with Crippen molar-refractivity contribution in [3.8, 4) is 0 Å². The molecule has 0 aliphatic heterocycles. The Labute approximate surface area is 222 Å². The molecule has 0 saturated carbocycles. The summed E-state index contributed by atoms with van der Waals surface area (Å²) in [6, 6.07) is 28.5. The molecule has 0 spiro atoms. The second-order valence-electron chi connectivity index (χ2n) is 9.15. The Hall–Kier alpha value is -3.94. The molecule has 1 aromatic heterocycles. The van der Waals surface area contributed by atoms with Gasteiger partial charge in [-0.15, -0.1) is 0 Å². The van der Waals surface area contributed by atoms with E-state index in [-0.39, 0.29) is 23.8 Å². The van der Waals surface area contributed by atoms with E-state index in [0.717, 1.165) is 21.9 Å². The fourth-order valence-corrected chi connectivity index (χ4v) is 6.15. The first kappa shape index (κ1) is 25.7. The topological polar surface area (TPSA) is 76.8 Å². The van der Waals surface area contributed by atoms with E-state index in [9.17, 15) is 13.2 Å². The average molecular weight is 528 g/mol. The molecule has 0 bridgehead atoms. The molecule has 1 heterocycles. The number of carbonyl (C=O) groups is 1. The van der Waals surface area contributed by atoms with E-state index in [0.29, 0.717) is 29.5 Å². The summed E-state index contributed by atoms with van der Waals surface area (Å²) in [7, 11) is -3.89. The lowest BCUT2D eigenvalue weighted by Gasteiger charge is -2.23. The van der Waals surface area contributed by atoms with E-state index in [2.05, 4.69) is 0 Å².